The summed E-state index contributed by atoms with van der Waals surface area (Å²) in [6, 6.07) is 0.551. The Morgan fingerprint density at radius 1 is 1.23 bits per heavy atom. The second kappa shape index (κ2) is 10.00. The standard InChI is InChI=1S/C19H39N5O2/c1-8-19(9-2,23-17(25)26-18(3,4)5)14-22-16(20-6)21-13-15-11-10-12-24(15)7/h15H,8-14H2,1-7H3,(H,23,25)(H2,20,21,22). The maximum absolute atomic E-state index is 12.2. The molecule has 26 heavy (non-hydrogen) atoms. The lowest BCUT2D eigenvalue weighted by atomic mass is 9.93. The van der Waals surface area contributed by atoms with Crippen molar-refractivity contribution in [2.75, 3.05) is 33.7 Å². The molecule has 1 atom stereocenters. The van der Waals surface area contributed by atoms with Crippen molar-refractivity contribution < 1.29 is 9.53 Å². The summed E-state index contributed by atoms with van der Waals surface area (Å²) < 4.78 is 5.43. The van der Waals surface area contributed by atoms with Gasteiger partial charge in [0.05, 0.1) is 5.54 Å². The number of aliphatic imine (C=N–C) groups is 1. The van der Waals surface area contributed by atoms with E-state index in [2.05, 4.69) is 46.7 Å². The highest BCUT2D eigenvalue weighted by molar-refractivity contribution is 5.80. The maximum Gasteiger partial charge on any atom is 0.408 e. The van der Waals surface area contributed by atoms with Gasteiger partial charge in [-0.05, 0) is 60.0 Å². The van der Waals surface area contributed by atoms with E-state index in [0.29, 0.717) is 12.6 Å². The SMILES string of the molecule is CCC(CC)(CNC(=NC)NCC1CCCN1C)NC(=O)OC(C)(C)C. The van der Waals surface area contributed by atoms with Crippen LogP contribution in [0.4, 0.5) is 4.79 Å². The Labute approximate surface area is 159 Å². The van der Waals surface area contributed by atoms with Gasteiger partial charge in [-0.25, -0.2) is 4.79 Å². The average Bonchev–Trinajstić information content (AvgIpc) is 2.97. The highest BCUT2D eigenvalue weighted by atomic mass is 16.6. The Morgan fingerprint density at radius 3 is 2.35 bits per heavy atom. The Balaban J connectivity index is 2.57. The van der Waals surface area contributed by atoms with Crippen LogP contribution in [0.3, 0.4) is 0 Å². The van der Waals surface area contributed by atoms with Crippen LogP contribution in [0.5, 0.6) is 0 Å². The van der Waals surface area contributed by atoms with E-state index >= 15 is 0 Å². The molecule has 0 spiro atoms. The van der Waals surface area contributed by atoms with Gasteiger partial charge in [-0.3, -0.25) is 4.99 Å². The first kappa shape index (κ1) is 22.5. The minimum atomic E-state index is -0.504. The molecule has 0 radical (unpaired) electrons. The second-order valence-corrected chi connectivity index (χ2v) is 8.20. The van der Waals surface area contributed by atoms with Gasteiger partial charge in [-0.2, -0.15) is 0 Å². The third kappa shape index (κ3) is 7.40. The molecule has 152 valence electrons. The molecule has 7 heteroatoms. The molecule has 1 rings (SSSR count). The molecule has 1 aliphatic rings. The Bertz CT molecular complexity index is 469. The van der Waals surface area contributed by atoms with E-state index in [1.165, 1.54) is 12.8 Å². The fourth-order valence-electron chi connectivity index (χ4n) is 3.17. The van der Waals surface area contributed by atoms with E-state index in [1.54, 1.807) is 7.05 Å². The van der Waals surface area contributed by atoms with Crippen LogP contribution in [0.25, 0.3) is 0 Å². The molecule has 1 unspecified atom stereocenters. The molecule has 0 bridgehead atoms. The summed E-state index contributed by atoms with van der Waals surface area (Å²) in [7, 11) is 3.94. The van der Waals surface area contributed by atoms with Crippen LogP contribution in [-0.4, -0.2) is 67.9 Å². The first-order chi connectivity index (χ1) is 12.1. The molecule has 0 aliphatic carbocycles. The monoisotopic (exact) mass is 369 g/mol. The van der Waals surface area contributed by atoms with Gasteiger partial charge < -0.3 is 25.6 Å². The normalized spacial score (nSPS) is 19.3. The lowest BCUT2D eigenvalue weighted by molar-refractivity contribution is 0.0448. The molecule has 1 heterocycles. The van der Waals surface area contributed by atoms with Crippen LogP contribution < -0.4 is 16.0 Å². The number of amides is 1. The van der Waals surface area contributed by atoms with E-state index < -0.39 is 5.60 Å². The zero-order valence-corrected chi connectivity index (χ0v) is 17.7. The van der Waals surface area contributed by atoms with Gasteiger partial charge in [0.2, 0.25) is 0 Å². The van der Waals surface area contributed by atoms with Crippen molar-refractivity contribution in [3.63, 3.8) is 0 Å². The summed E-state index contributed by atoms with van der Waals surface area (Å²) in [6.45, 7) is 12.4. The molecule has 0 aromatic heterocycles. The number of guanidine groups is 1. The molecular formula is C19H39N5O2. The van der Waals surface area contributed by atoms with Crippen molar-refractivity contribution in [2.45, 2.75) is 77.5 Å². The van der Waals surface area contributed by atoms with Crippen molar-refractivity contribution in [1.29, 1.82) is 0 Å². The van der Waals surface area contributed by atoms with Crippen LogP contribution in [0.15, 0.2) is 4.99 Å². The van der Waals surface area contributed by atoms with E-state index in [0.717, 1.165) is 31.9 Å². The van der Waals surface area contributed by atoms with Crippen molar-refractivity contribution in [2.24, 2.45) is 4.99 Å². The number of likely N-dealkylation sites (N-methyl/N-ethyl adjacent to an activating group) is 1. The quantitative estimate of drug-likeness (QED) is 0.474. The smallest absolute Gasteiger partial charge is 0.408 e. The van der Waals surface area contributed by atoms with Gasteiger partial charge in [-0.1, -0.05) is 13.8 Å². The minimum absolute atomic E-state index is 0.371. The molecule has 0 aromatic rings. The van der Waals surface area contributed by atoms with Gasteiger partial charge in [0.1, 0.15) is 5.60 Å². The minimum Gasteiger partial charge on any atom is -0.444 e. The zero-order valence-electron chi connectivity index (χ0n) is 17.7. The number of ether oxygens (including phenoxy) is 1. The number of carbonyl (C=O) groups is 1. The van der Waals surface area contributed by atoms with E-state index in [-0.39, 0.29) is 11.6 Å². The second-order valence-electron chi connectivity index (χ2n) is 8.20. The van der Waals surface area contributed by atoms with E-state index in [9.17, 15) is 4.79 Å². The molecule has 1 amide bonds. The summed E-state index contributed by atoms with van der Waals surface area (Å²) >= 11 is 0. The van der Waals surface area contributed by atoms with Crippen LogP contribution in [0, 0.1) is 0 Å². The molecule has 1 saturated heterocycles. The van der Waals surface area contributed by atoms with Crippen LogP contribution in [-0.2, 0) is 4.74 Å². The third-order valence-corrected chi connectivity index (χ3v) is 5.11. The van der Waals surface area contributed by atoms with Gasteiger partial charge >= 0.3 is 6.09 Å². The summed E-state index contributed by atoms with van der Waals surface area (Å²) in [5.74, 6) is 0.766. The van der Waals surface area contributed by atoms with E-state index in [4.69, 9.17) is 4.74 Å². The molecule has 0 saturated carbocycles. The fraction of sp³-hybridized carbons (Fsp3) is 0.895. The Hall–Kier alpha value is -1.50. The largest absolute Gasteiger partial charge is 0.444 e. The van der Waals surface area contributed by atoms with Crippen molar-refractivity contribution in [1.82, 2.24) is 20.9 Å². The van der Waals surface area contributed by atoms with Crippen molar-refractivity contribution in [3.8, 4) is 0 Å². The molecule has 0 aromatic carbocycles. The maximum atomic E-state index is 12.2. The van der Waals surface area contributed by atoms with Crippen LogP contribution in [0.1, 0.15) is 60.3 Å². The summed E-state index contributed by atoms with van der Waals surface area (Å²) in [6.07, 6.45) is 3.70. The average molecular weight is 370 g/mol. The number of nitrogens with one attached hydrogen (secondary N) is 3. The number of nitrogens with zero attached hydrogens (tertiary/aromatic N) is 2. The Kier molecular flexibility index (Phi) is 8.67. The van der Waals surface area contributed by atoms with E-state index in [1.807, 2.05) is 20.8 Å². The van der Waals surface area contributed by atoms with Gasteiger partial charge in [-0.15, -0.1) is 0 Å². The lowest BCUT2D eigenvalue weighted by Gasteiger charge is -2.34. The predicted octanol–water partition coefficient (Wildman–Crippen LogP) is 2.33. The highest BCUT2D eigenvalue weighted by Gasteiger charge is 2.31. The van der Waals surface area contributed by atoms with Crippen LogP contribution in [0.2, 0.25) is 0 Å². The van der Waals surface area contributed by atoms with Crippen LogP contribution >= 0.6 is 0 Å². The molecule has 3 N–H and O–H groups in total. The van der Waals surface area contributed by atoms with Crippen molar-refractivity contribution in [3.05, 3.63) is 0 Å². The lowest BCUT2D eigenvalue weighted by Crippen LogP contribution is -2.57. The van der Waals surface area contributed by atoms with Crippen molar-refractivity contribution >= 4 is 12.1 Å². The number of likely N-dealkylation sites (tertiary alicyclic amines) is 1. The predicted molar refractivity (Wildman–Crippen MR) is 108 cm³/mol. The number of carbonyl (C=O) groups excluding carboxylic acids is 1. The number of alkyl carbamates (subject to hydrolysis) is 1. The number of hydrogen-bond acceptors (Lipinski definition) is 4. The van der Waals surface area contributed by atoms with Gasteiger partial charge in [0.15, 0.2) is 5.96 Å². The molecule has 1 fully saturated rings. The van der Waals surface area contributed by atoms with Gasteiger partial charge in [0.25, 0.3) is 0 Å². The summed E-state index contributed by atoms with van der Waals surface area (Å²) in [5, 5.41) is 9.83. The summed E-state index contributed by atoms with van der Waals surface area (Å²) in [4.78, 5) is 18.9. The number of hydrogen-bond donors (Lipinski definition) is 3. The number of rotatable bonds is 7. The molecule has 1 aliphatic heterocycles. The first-order valence-electron chi connectivity index (χ1n) is 9.80. The highest BCUT2D eigenvalue weighted by Crippen LogP contribution is 2.16. The zero-order chi connectivity index (χ0) is 19.8. The fourth-order valence-corrected chi connectivity index (χ4v) is 3.17. The third-order valence-electron chi connectivity index (χ3n) is 5.11. The van der Waals surface area contributed by atoms with Gasteiger partial charge in [0, 0.05) is 26.2 Å². The topological polar surface area (TPSA) is 78.0 Å². The summed E-state index contributed by atoms with van der Waals surface area (Å²) in [5.41, 5.74) is -0.875. The molecular weight excluding hydrogens is 330 g/mol. The molecule has 7 nitrogen and oxygen atoms in total. The first-order valence-corrected chi connectivity index (χ1v) is 9.80. The Morgan fingerprint density at radius 2 is 1.88 bits per heavy atom.